The van der Waals surface area contributed by atoms with Crippen LogP contribution in [0.1, 0.15) is 11.1 Å². The molecule has 0 unspecified atom stereocenters. The molecule has 0 saturated heterocycles. The molecule has 3 heteroatoms. The molecule has 2 rings (SSSR count). The number of benzene rings is 1. The molecule has 0 aliphatic rings. The zero-order valence-corrected chi connectivity index (χ0v) is 9.78. The highest BCUT2D eigenvalue weighted by molar-refractivity contribution is 5.50. The highest BCUT2D eigenvalue weighted by Gasteiger charge is 1.99. The molecule has 88 valence electrons. The Kier molecular flexibility index (Phi) is 3.70. The van der Waals surface area contributed by atoms with E-state index >= 15 is 0 Å². The van der Waals surface area contributed by atoms with Crippen LogP contribution < -0.4 is 5.32 Å². The minimum Gasteiger partial charge on any atom is -0.384 e. The first-order valence-corrected chi connectivity index (χ1v) is 5.64. The van der Waals surface area contributed by atoms with E-state index in [9.17, 15) is 4.39 Å². The number of hydrogen-bond donors (Lipinski definition) is 1. The summed E-state index contributed by atoms with van der Waals surface area (Å²) in [4.78, 5) is 3.97. The summed E-state index contributed by atoms with van der Waals surface area (Å²) in [5.74, 6) is -0.206. The summed E-state index contributed by atoms with van der Waals surface area (Å²) in [6, 6.07) is 8.76. The molecule has 0 atom stereocenters. The molecule has 1 N–H and O–H groups in total. The van der Waals surface area contributed by atoms with Gasteiger partial charge in [0.05, 0.1) is 0 Å². The van der Waals surface area contributed by atoms with E-state index in [-0.39, 0.29) is 5.82 Å². The van der Waals surface area contributed by atoms with Crippen molar-refractivity contribution >= 4 is 5.69 Å². The molecule has 0 amide bonds. The molecule has 0 spiro atoms. The van der Waals surface area contributed by atoms with Gasteiger partial charge in [0.1, 0.15) is 5.82 Å². The number of rotatable bonds is 4. The lowest BCUT2D eigenvalue weighted by atomic mass is 10.1. The van der Waals surface area contributed by atoms with Crippen LogP contribution in [0.2, 0.25) is 0 Å². The molecule has 1 aromatic heterocycles. The lowest BCUT2D eigenvalue weighted by Crippen LogP contribution is -2.06. The zero-order chi connectivity index (χ0) is 12.1. The van der Waals surface area contributed by atoms with Crippen LogP contribution in [0, 0.1) is 12.7 Å². The van der Waals surface area contributed by atoms with Crippen molar-refractivity contribution in [3.63, 3.8) is 0 Å². The molecule has 2 nitrogen and oxygen atoms in total. The molecule has 17 heavy (non-hydrogen) atoms. The molecule has 0 saturated carbocycles. The molecule has 2 aromatic rings. The Morgan fingerprint density at radius 1 is 1.18 bits per heavy atom. The van der Waals surface area contributed by atoms with Crippen LogP contribution in [0.25, 0.3) is 0 Å². The maximum atomic E-state index is 13.0. The van der Waals surface area contributed by atoms with Crippen LogP contribution in [-0.2, 0) is 6.42 Å². The van der Waals surface area contributed by atoms with E-state index in [0.717, 1.165) is 24.2 Å². The largest absolute Gasteiger partial charge is 0.384 e. The molecule has 0 aliphatic heterocycles. The van der Waals surface area contributed by atoms with Gasteiger partial charge in [-0.25, -0.2) is 4.39 Å². The van der Waals surface area contributed by atoms with Crippen molar-refractivity contribution in [2.75, 3.05) is 11.9 Å². The maximum Gasteiger partial charge on any atom is 0.125 e. The molecule has 0 aliphatic carbocycles. The Labute approximate surface area is 101 Å². The van der Waals surface area contributed by atoms with Gasteiger partial charge in [-0.15, -0.1) is 0 Å². The van der Waals surface area contributed by atoms with E-state index in [1.807, 2.05) is 19.1 Å². The summed E-state index contributed by atoms with van der Waals surface area (Å²) in [5.41, 5.74) is 3.14. The Hall–Kier alpha value is -1.90. The summed E-state index contributed by atoms with van der Waals surface area (Å²) in [6.45, 7) is 2.75. The van der Waals surface area contributed by atoms with Gasteiger partial charge in [-0.05, 0) is 48.7 Å². The minimum atomic E-state index is -0.206. The summed E-state index contributed by atoms with van der Waals surface area (Å²) < 4.78 is 13.0. The Balaban J connectivity index is 1.92. The molecular weight excluding hydrogens is 215 g/mol. The van der Waals surface area contributed by atoms with Crippen LogP contribution >= 0.6 is 0 Å². The normalized spacial score (nSPS) is 10.2. The van der Waals surface area contributed by atoms with E-state index in [2.05, 4.69) is 10.3 Å². The number of halogens is 1. The van der Waals surface area contributed by atoms with Crippen LogP contribution in [0.4, 0.5) is 10.1 Å². The van der Waals surface area contributed by atoms with Crippen LogP contribution in [-0.4, -0.2) is 11.5 Å². The smallest absolute Gasteiger partial charge is 0.125 e. The topological polar surface area (TPSA) is 24.9 Å². The number of aryl methyl sites for hydroxylation is 1. The Morgan fingerprint density at radius 3 is 2.71 bits per heavy atom. The number of anilines is 1. The molecule has 0 bridgehead atoms. The van der Waals surface area contributed by atoms with Crippen molar-refractivity contribution in [2.24, 2.45) is 0 Å². The zero-order valence-electron chi connectivity index (χ0n) is 9.78. The van der Waals surface area contributed by atoms with Crippen molar-refractivity contribution in [3.05, 3.63) is 59.7 Å². The third-order valence-corrected chi connectivity index (χ3v) is 2.68. The van der Waals surface area contributed by atoms with Crippen molar-refractivity contribution in [2.45, 2.75) is 13.3 Å². The number of hydrogen-bond acceptors (Lipinski definition) is 2. The van der Waals surface area contributed by atoms with Gasteiger partial charge < -0.3 is 5.32 Å². The second kappa shape index (κ2) is 5.43. The van der Waals surface area contributed by atoms with Crippen molar-refractivity contribution in [3.8, 4) is 0 Å². The lowest BCUT2D eigenvalue weighted by molar-refractivity contribution is 0.628. The first-order valence-electron chi connectivity index (χ1n) is 5.64. The number of nitrogens with zero attached hydrogens (tertiary/aromatic N) is 1. The fraction of sp³-hybridized carbons (Fsp3) is 0.214. The second-order valence-electron chi connectivity index (χ2n) is 3.99. The van der Waals surface area contributed by atoms with Crippen molar-refractivity contribution in [1.29, 1.82) is 0 Å². The third-order valence-electron chi connectivity index (χ3n) is 2.68. The Bertz CT molecular complexity index is 483. The van der Waals surface area contributed by atoms with Crippen LogP contribution in [0.15, 0.2) is 42.7 Å². The van der Waals surface area contributed by atoms with Gasteiger partial charge >= 0.3 is 0 Å². The van der Waals surface area contributed by atoms with Gasteiger partial charge in [-0.3, -0.25) is 4.98 Å². The van der Waals surface area contributed by atoms with Crippen molar-refractivity contribution in [1.82, 2.24) is 4.98 Å². The fourth-order valence-corrected chi connectivity index (χ4v) is 1.68. The Morgan fingerprint density at radius 2 is 1.94 bits per heavy atom. The number of nitrogens with one attached hydrogen (secondary N) is 1. The van der Waals surface area contributed by atoms with Gasteiger partial charge in [0.2, 0.25) is 0 Å². The van der Waals surface area contributed by atoms with Crippen LogP contribution in [0.5, 0.6) is 0 Å². The van der Waals surface area contributed by atoms with Crippen LogP contribution in [0.3, 0.4) is 0 Å². The average molecular weight is 230 g/mol. The van der Waals surface area contributed by atoms with Gasteiger partial charge in [-0.1, -0.05) is 6.07 Å². The monoisotopic (exact) mass is 230 g/mol. The molecule has 0 radical (unpaired) electrons. The predicted molar refractivity (Wildman–Crippen MR) is 67.6 cm³/mol. The van der Waals surface area contributed by atoms with E-state index in [4.69, 9.17) is 0 Å². The SMILES string of the molecule is Cc1ccc(F)cc1NCCc1ccncc1. The molecule has 1 heterocycles. The maximum absolute atomic E-state index is 13.0. The first-order chi connectivity index (χ1) is 8.25. The van der Waals surface area contributed by atoms with Gasteiger partial charge in [0.15, 0.2) is 0 Å². The van der Waals surface area contributed by atoms with E-state index in [1.54, 1.807) is 18.5 Å². The molecule has 1 aromatic carbocycles. The fourth-order valence-electron chi connectivity index (χ4n) is 1.68. The summed E-state index contributed by atoms with van der Waals surface area (Å²) in [6.07, 6.45) is 4.46. The van der Waals surface area contributed by atoms with Gasteiger partial charge in [0.25, 0.3) is 0 Å². The average Bonchev–Trinajstić information content (AvgIpc) is 2.35. The van der Waals surface area contributed by atoms with Gasteiger partial charge in [-0.2, -0.15) is 0 Å². The van der Waals surface area contributed by atoms with E-state index < -0.39 is 0 Å². The highest BCUT2D eigenvalue weighted by atomic mass is 19.1. The van der Waals surface area contributed by atoms with E-state index in [0.29, 0.717) is 0 Å². The quantitative estimate of drug-likeness (QED) is 0.872. The minimum absolute atomic E-state index is 0.206. The molecular formula is C14H15FN2. The number of pyridine rings is 1. The van der Waals surface area contributed by atoms with E-state index in [1.165, 1.54) is 17.7 Å². The summed E-state index contributed by atoms with van der Waals surface area (Å²) in [7, 11) is 0. The predicted octanol–water partition coefficient (Wildman–Crippen LogP) is 3.18. The third kappa shape index (κ3) is 3.28. The van der Waals surface area contributed by atoms with Crippen molar-refractivity contribution < 1.29 is 4.39 Å². The standard InChI is InChI=1S/C14H15FN2/c1-11-2-3-13(15)10-14(11)17-9-6-12-4-7-16-8-5-12/h2-5,7-8,10,17H,6,9H2,1H3. The first kappa shape index (κ1) is 11.6. The highest BCUT2D eigenvalue weighted by Crippen LogP contribution is 2.15. The molecule has 0 fully saturated rings. The summed E-state index contributed by atoms with van der Waals surface area (Å²) >= 11 is 0. The summed E-state index contributed by atoms with van der Waals surface area (Å²) in [5, 5.41) is 3.24. The second-order valence-corrected chi connectivity index (χ2v) is 3.99. The van der Waals surface area contributed by atoms with Gasteiger partial charge in [0, 0.05) is 24.6 Å². The number of aromatic nitrogens is 1. The lowest BCUT2D eigenvalue weighted by Gasteiger charge is -2.09.